The van der Waals surface area contributed by atoms with Gasteiger partial charge in [0.1, 0.15) is 18.2 Å². The number of hydrogen-bond donors (Lipinski definition) is 1. The fourth-order valence-electron chi connectivity index (χ4n) is 1.97. The van der Waals surface area contributed by atoms with Gasteiger partial charge in [-0.25, -0.2) is 4.39 Å². The van der Waals surface area contributed by atoms with E-state index in [2.05, 4.69) is 17.2 Å². The van der Waals surface area contributed by atoms with Gasteiger partial charge in [-0.2, -0.15) is 0 Å². The Hall–Kier alpha value is -1.94. The molecule has 0 bridgehead atoms. The quantitative estimate of drug-likeness (QED) is 0.790. The second-order valence-electron chi connectivity index (χ2n) is 5.00. The van der Waals surface area contributed by atoms with E-state index < -0.39 is 0 Å². The molecular weight excluding hydrogens is 267 g/mol. The topological polar surface area (TPSA) is 34.1 Å². The lowest BCUT2D eigenvalue weighted by Gasteiger charge is -2.08. The Morgan fingerprint density at radius 1 is 1.19 bits per heavy atom. The third kappa shape index (κ3) is 4.83. The summed E-state index contributed by atoms with van der Waals surface area (Å²) in [7, 11) is 0. The van der Waals surface area contributed by atoms with Crippen LogP contribution < -0.4 is 10.1 Å². The Bertz CT molecular complexity index is 587. The van der Waals surface area contributed by atoms with Gasteiger partial charge in [0.2, 0.25) is 0 Å². The Kier molecular flexibility index (Phi) is 5.69. The van der Waals surface area contributed by atoms with E-state index in [1.54, 1.807) is 19.1 Å². The molecule has 0 aliphatic heterocycles. The molecule has 0 radical (unpaired) electrons. The number of halogens is 1. The van der Waals surface area contributed by atoms with Crippen LogP contribution in [-0.2, 0) is 13.2 Å². The number of ether oxygens (including phenoxy) is 1. The zero-order chi connectivity index (χ0) is 15.1. The van der Waals surface area contributed by atoms with E-state index in [-0.39, 0.29) is 5.82 Å². The summed E-state index contributed by atoms with van der Waals surface area (Å²) in [6.45, 7) is 5.98. The molecule has 4 heteroatoms. The van der Waals surface area contributed by atoms with Crippen molar-refractivity contribution in [2.45, 2.75) is 33.4 Å². The molecule has 3 nitrogen and oxygen atoms in total. The molecule has 2 aromatic rings. The van der Waals surface area contributed by atoms with E-state index >= 15 is 0 Å². The molecular formula is C17H21FN2O. The van der Waals surface area contributed by atoms with Gasteiger partial charge in [0.25, 0.3) is 0 Å². The van der Waals surface area contributed by atoms with E-state index in [9.17, 15) is 4.39 Å². The zero-order valence-electron chi connectivity index (χ0n) is 12.5. The zero-order valence-corrected chi connectivity index (χ0v) is 12.5. The fourth-order valence-corrected chi connectivity index (χ4v) is 1.97. The molecule has 2 rings (SSSR count). The molecule has 1 heterocycles. The molecule has 1 aromatic heterocycles. The van der Waals surface area contributed by atoms with Crippen LogP contribution >= 0.6 is 0 Å². The molecule has 0 aliphatic rings. The van der Waals surface area contributed by atoms with Crippen molar-refractivity contribution in [3.8, 4) is 5.75 Å². The van der Waals surface area contributed by atoms with E-state index in [0.717, 1.165) is 30.9 Å². The Labute approximate surface area is 125 Å². The van der Waals surface area contributed by atoms with Crippen LogP contribution in [0.3, 0.4) is 0 Å². The lowest BCUT2D eigenvalue weighted by atomic mass is 10.2. The summed E-state index contributed by atoms with van der Waals surface area (Å²) in [4.78, 5) is 4.54. The average molecular weight is 288 g/mol. The molecule has 21 heavy (non-hydrogen) atoms. The number of aromatic nitrogens is 1. The lowest BCUT2D eigenvalue weighted by Crippen LogP contribution is -2.15. The summed E-state index contributed by atoms with van der Waals surface area (Å²) in [5.74, 6) is 0.440. The predicted molar refractivity (Wildman–Crippen MR) is 81.7 cm³/mol. The number of rotatable bonds is 7. The van der Waals surface area contributed by atoms with Crippen LogP contribution in [-0.4, -0.2) is 11.5 Å². The van der Waals surface area contributed by atoms with Gasteiger partial charge in [-0.05, 0) is 55.8 Å². The highest BCUT2D eigenvalue weighted by atomic mass is 19.1. The summed E-state index contributed by atoms with van der Waals surface area (Å²) in [5.41, 5.74) is 2.45. The van der Waals surface area contributed by atoms with E-state index in [1.165, 1.54) is 6.07 Å². The highest BCUT2D eigenvalue weighted by molar-refractivity contribution is 5.29. The molecule has 0 atom stereocenters. The van der Waals surface area contributed by atoms with Crippen LogP contribution in [0.2, 0.25) is 0 Å². The van der Waals surface area contributed by atoms with E-state index in [0.29, 0.717) is 17.9 Å². The van der Waals surface area contributed by atoms with Gasteiger partial charge in [-0.3, -0.25) is 4.98 Å². The average Bonchev–Trinajstić information content (AvgIpc) is 2.49. The molecule has 0 saturated carbocycles. The van der Waals surface area contributed by atoms with Crippen molar-refractivity contribution in [2.24, 2.45) is 0 Å². The second kappa shape index (κ2) is 7.74. The largest absolute Gasteiger partial charge is 0.487 e. The highest BCUT2D eigenvalue weighted by Crippen LogP contribution is 2.17. The summed E-state index contributed by atoms with van der Waals surface area (Å²) >= 11 is 0. The van der Waals surface area contributed by atoms with Gasteiger partial charge >= 0.3 is 0 Å². The molecule has 0 unspecified atom stereocenters. The van der Waals surface area contributed by atoms with E-state index in [4.69, 9.17) is 4.74 Å². The molecule has 0 saturated heterocycles. The molecule has 1 aromatic carbocycles. The molecule has 1 N–H and O–H groups in total. The second-order valence-corrected chi connectivity index (χ2v) is 5.00. The van der Waals surface area contributed by atoms with Crippen LogP contribution in [0, 0.1) is 12.7 Å². The monoisotopic (exact) mass is 288 g/mol. The van der Waals surface area contributed by atoms with Crippen molar-refractivity contribution in [3.63, 3.8) is 0 Å². The lowest BCUT2D eigenvalue weighted by molar-refractivity contribution is 0.300. The Morgan fingerprint density at radius 3 is 2.76 bits per heavy atom. The molecule has 0 spiro atoms. The van der Waals surface area contributed by atoms with Crippen LogP contribution in [0.5, 0.6) is 5.75 Å². The number of nitrogens with one attached hydrogen (secondary N) is 1. The number of pyridine rings is 1. The van der Waals surface area contributed by atoms with Crippen LogP contribution in [0.15, 0.2) is 36.4 Å². The third-order valence-corrected chi connectivity index (χ3v) is 3.11. The van der Waals surface area contributed by atoms with E-state index in [1.807, 2.05) is 18.2 Å². The van der Waals surface area contributed by atoms with Crippen molar-refractivity contribution in [2.75, 3.05) is 6.54 Å². The smallest absolute Gasteiger partial charge is 0.130 e. The Balaban J connectivity index is 1.93. The first-order valence-corrected chi connectivity index (χ1v) is 7.23. The van der Waals surface area contributed by atoms with Crippen LogP contribution in [0.4, 0.5) is 4.39 Å². The first-order chi connectivity index (χ1) is 10.2. The first-order valence-electron chi connectivity index (χ1n) is 7.23. The normalized spacial score (nSPS) is 10.6. The minimum absolute atomic E-state index is 0.218. The fraction of sp³-hybridized carbons (Fsp3) is 0.353. The van der Waals surface area contributed by atoms with Gasteiger partial charge < -0.3 is 10.1 Å². The Morgan fingerprint density at radius 2 is 2.00 bits per heavy atom. The maximum absolute atomic E-state index is 13.2. The van der Waals surface area contributed by atoms with Gasteiger partial charge in [0, 0.05) is 6.54 Å². The van der Waals surface area contributed by atoms with Crippen molar-refractivity contribution in [3.05, 3.63) is 59.2 Å². The summed E-state index contributed by atoms with van der Waals surface area (Å²) in [6, 6.07) is 10.7. The molecule has 0 amide bonds. The number of hydrogen-bond acceptors (Lipinski definition) is 3. The minimum atomic E-state index is -0.218. The third-order valence-electron chi connectivity index (χ3n) is 3.11. The summed E-state index contributed by atoms with van der Waals surface area (Å²) < 4.78 is 18.8. The van der Waals surface area contributed by atoms with Crippen molar-refractivity contribution in [1.29, 1.82) is 0 Å². The summed E-state index contributed by atoms with van der Waals surface area (Å²) in [5, 5.41) is 3.32. The minimum Gasteiger partial charge on any atom is -0.487 e. The summed E-state index contributed by atoms with van der Waals surface area (Å²) in [6.07, 6.45) is 1.10. The maximum Gasteiger partial charge on any atom is 0.130 e. The van der Waals surface area contributed by atoms with Gasteiger partial charge in [-0.1, -0.05) is 13.0 Å². The predicted octanol–water partition coefficient (Wildman–Crippen LogP) is 3.61. The van der Waals surface area contributed by atoms with Crippen molar-refractivity contribution >= 4 is 0 Å². The van der Waals surface area contributed by atoms with Crippen LogP contribution in [0.25, 0.3) is 0 Å². The van der Waals surface area contributed by atoms with Gasteiger partial charge in [-0.15, -0.1) is 0 Å². The molecule has 0 fully saturated rings. The first kappa shape index (κ1) is 15.4. The SMILES string of the molecule is CCCNCc1cccc(COc2ccc(F)c(C)c2)n1. The highest BCUT2D eigenvalue weighted by Gasteiger charge is 2.02. The number of aryl methyl sites for hydroxylation is 1. The number of nitrogens with zero attached hydrogens (tertiary/aromatic N) is 1. The van der Waals surface area contributed by atoms with Crippen molar-refractivity contribution < 1.29 is 9.13 Å². The van der Waals surface area contributed by atoms with Gasteiger partial charge in [0.15, 0.2) is 0 Å². The van der Waals surface area contributed by atoms with Crippen molar-refractivity contribution in [1.82, 2.24) is 10.3 Å². The molecule has 0 aliphatic carbocycles. The van der Waals surface area contributed by atoms with Crippen LogP contribution in [0.1, 0.15) is 30.3 Å². The standard InChI is InChI=1S/C17H21FN2O/c1-3-9-19-11-14-5-4-6-15(20-14)12-21-16-7-8-17(18)13(2)10-16/h4-8,10,19H,3,9,11-12H2,1-2H3. The van der Waals surface area contributed by atoms with Gasteiger partial charge in [0.05, 0.1) is 11.4 Å². The molecule has 112 valence electrons. The maximum atomic E-state index is 13.2. The number of benzene rings is 1.